The molecule has 1 N–H and O–H groups in total. The first kappa shape index (κ1) is 20.7. The molecule has 0 aliphatic carbocycles. The first-order chi connectivity index (χ1) is 13.4. The first-order valence-electron chi connectivity index (χ1n) is 8.69. The number of aryl methyl sites for hydroxylation is 2. The summed E-state index contributed by atoms with van der Waals surface area (Å²) in [5.41, 5.74) is 3.01. The summed E-state index contributed by atoms with van der Waals surface area (Å²) in [5, 5.41) is 12.0. The molecule has 2 aromatic carbocycles. The molecule has 1 amide bonds. The van der Waals surface area contributed by atoms with Crippen LogP contribution in [0.4, 0.5) is 5.69 Å². The van der Waals surface area contributed by atoms with E-state index in [0.717, 1.165) is 26.1 Å². The molecule has 8 heteroatoms. The maximum absolute atomic E-state index is 12.3. The number of aromatic nitrogens is 3. The second kappa shape index (κ2) is 9.42. The molecular formula is C20H21IN4O2S. The predicted molar refractivity (Wildman–Crippen MR) is 120 cm³/mol. The van der Waals surface area contributed by atoms with E-state index in [1.54, 1.807) is 0 Å². The van der Waals surface area contributed by atoms with Gasteiger partial charge in [-0.05, 0) is 77.9 Å². The Labute approximate surface area is 182 Å². The quantitative estimate of drug-likeness (QED) is 0.380. The van der Waals surface area contributed by atoms with E-state index in [0.29, 0.717) is 17.6 Å². The van der Waals surface area contributed by atoms with Gasteiger partial charge in [-0.25, -0.2) is 0 Å². The summed E-state index contributed by atoms with van der Waals surface area (Å²) in [6.45, 7) is 4.32. The molecular weight excluding hydrogens is 487 g/mol. The van der Waals surface area contributed by atoms with Crippen LogP contribution < -0.4 is 10.1 Å². The minimum Gasteiger partial charge on any atom is -0.486 e. The fourth-order valence-electron chi connectivity index (χ4n) is 2.53. The normalized spacial score (nSPS) is 10.7. The molecule has 0 aliphatic rings. The fourth-order valence-corrected chi connectivity index (χ4v) is 3.91. The van der Waals surface area contributed by atoms with Crippen LogP contribution in [-0.2, 0) is 18.4 Å². The predicted octanol–water partition coefficient (Wildman–Crippen LogP) is 4.35. The molecule has 0 spiro atoms. The van der Waals surface area contributed by atoms with Crippen molar-refractivity contribution in [2.24, 2.45) is 7.05 Å². The third kappa shape index (κ3) is 5.48. The van der Waals surface area contributed by atoms with Crippen LogP contribution in [0, 0.1) is 17.4 Å². The van der Waals surface area contributed by atoms with E-state index in [1.165, 1.54) is 11.8 Å². The van der Waals surface area contributed by atoms with Gasteiger partial charge in [-0.15, -0.1) is 10.2 Å². The Morgan fingerprint density at radius 2 is 2.04 bits per heavy atom. The van der Waals surface area contributed by atoms with Crippen LogP contribution in [0.25, 0.3) is 0 Å². The second-order valence-electron chi connectivity index (χ2n) is 6.36. The van der Waals surface area contributed by atoms with Gasteiger partial charge in [0.2, 0.25) is 5.91 Å². The van der Waals surface area contributed by atoms with Gasteiger partial charge in [0.05, 0.1) is 5.75 Å². The zero-order chi connectivity index (χ0) is 20.1. The number of hydrogen-bond acceptors (Lipinski definition) is 5. The number of halogens is 1. The van der Waals surface area contributed by atoms with Crippen molar-refractivity contribution in [3.8, 4) is 5.75 Å². The number of thioether (sulfide) groups is 1. The molecule has 0 bridgehead atoms. The summed E-state index contributed by atoms with van der Waals surface area (Å²) >= 11 is 3.60. The van der Waals surface area contributed by atoms with Crippen molar-refractivity contribution >= 4 is 45.9 Å². The number of benzene rings is 2. The highest BCUT2D eigenvalue weighted by molar-refractivity contribution is 14.1. The Hall–Kier alpha value is -2.07. The third-order valence-corrected chi connectivity index (χ3v) is 5.77. The van der Waals surface area contributed by atoms with Crippen molar-refractivity contribution in [2.45, 2.75) is 25.6 Å². The molecule has 1 aromatic heterocycles. The minimum absolute atomic E-state index is 0.0742. The molecule has 3 aromatic rings. The highest BCUT2D eigenvalue weighted by Gasteiger charge is 2.13. The number of nitrogens with zero attached hydrogens (tertiary/aromatic N) is 3. The Kier molecular flexibility index (Phi) is 6.95. The number of amides is 1. The average molecular weight is 508 g/mol. The molecule has 0 radical (unpaired) electrons. The number of carbonyl (C=O) groups excluding carboxylic acids is 1. The zero-order valence-corrected chi connectivity index (χ0v) is 18.9. The van der Waals surface area contributed by atoms with Crippen LogP contribution >= 0.6 is 34.4 Å². The summed E-state index contributed by atoms with van der Waals surface area (Å²) in [7, 11) is 1.87. The van der Waals surface area contributed by atoms with Crippen molar-refractivity contribution < 1.29 is 9.53 Å². The van der Waals surface area contributed by atoms with Crippen molar-refractivity contribution in [1.29, 1.82) is 0 Å². The van der Waals surface area contributed by atoms with E-state index < -0.39 is 0 Å². The van der Waals surface area contributed by atoms with E-state index >= 15 is 0 Å². The lowest BCUT2D eigenvalue weighted by Gasteiger charge is -2.09. The second-order valence-corrected chi connectivity index (χ2v) is 8.55. The van der Waals surface area contributed by atoms with Crippen molar-refractivity contribution in [3.05, 3.63) is 63.0 Å². The lowest BCUT2D eigenvalue weighted by molar-refractivity contribution is -0.113. The van der Waals surface area contributed by atoms with Gasteiger partial charge in [0.1, 0.15) is 12.4 Å². The van der Waals surface area contributed by atoms with E-state index in [4.69, 9.17) is 4.74 Å². The van der Waals surface area contributed by atoms with Gasteiger partial charge in [-0.2, -0.15) is 0 Å². The number of nitrogens with one attached hydrogen (secondary N) is 1. The lowest BCUT2D eigenvalue weighted by atomic mass is 10.2. The molecule has 28 heavy (non-hydrogen) atoms. The maximum atomic E-state index is 12.3. The molecule has 0 saturated heterocycles. The Morgan fingerprint density at radius 3 is 2.79 bits per heavy atom. The molecule has 0 fully saturated rings. The summed E-state index contributed by atoms with van der Waals surface area (Å²) in [5.74, 6) is 1.69. The molecule has 0 atom stereocenters. The summed E-state index contributed by atoms with van der Waals surface area (Å²) in [6, 6.07) is 13.8. The van der Waals surface area contributed by atoms with Gasteiger partial charge in [0, 0.05) is 16.3 Å². The van der Waals surface area contributed by atoms with Crippen molar-refractivity contribution in [1.82, 2.24) is 14.8 Å². The monoisotopic (exact) mass is 508 g/mol. The Balaban J connectivity index is 1.54. The highest BCUT2D eigenvalue weighted by Crippen LogP contribution is 2.20. The summed E-state index contributed by atoms with van der Waals surface area (Å²) in [4.78, 5) is 12.3. The zero-order valence-electron chi connectivity index (χ0n) is 15.9. The van der Waals surface area contributed by atoms with Gasteiger partial charge in [-0.3, -0.25) is 4.79 Å². The third-order valence-electron chi connectivity index (χ3n) is 4.08. The minimum atomic E-state index is -0.0742. The van der Waals surface area contributed by atoms with Crippen LogP contribution in [0.1, 0.15) is 17.0 Å². The number of rotatable bonds is 7. The molecule has 3 rings (SSSR count). The van der Waals surface area contributed by atoms with Crippen molar-refractivity contribution in [2.75, 3.05) is 11.1 Å². The summed E-state index contributed by atoms with van der Waals surface area (Å²) in [6.07, 6.45) is 0. The fraction of sp³-hybridized carbons (Fsp3) is 0.250. The van der Waals surface area contributed by atoms with Crippen LogP contribution in [0.5, 0.6) is 5.75 Å². The van der Waals surface area contributed by atoms with Crippen LogP contribution in [0.2, 0.25) is 0 Å². The van der Waals surface area contributed by atoms with Gasteiger partial charge in [0.25, 0.3) is 0 Å². The van der Waals surface area contributed by atoms with Crippen molar-refractivity contribution in [3.63, 3.8) is 0 Å². The summed E-state index contributed by atoms with van der Waals surface area (Å²) < 4.78 is 8.77. The molecule has 146 valence electrons. The number of ether oxygens (including phenoxy) is 1. The first-order valence-corrected chi connectivity index (χ1v) is 10.8. The van der Waals surface area contributed by atoms with Crippen LogP contribution in [-0.4, -0.2) is 26.4 Å². The number of hydrogen-bond donors (Lipinski definition) is 1. The van der Waals surface area contributed by atoms with E-state index in [-0.39, 0.29) is 11.7 Å². The Bertz CT molecular complexity index is 990. The number of carbonyl (C=O) groups is 1. The van der Waals surface area contributed by atoms with Gasteiger partial charge in [-0.1, -0.05) is 23.9 Å². The molecule has 6 nitrogen and oxygen atoms in total. The smallest absolute Gasteiger partial charge is 0.234 e. The van der Waals surface area contributed by atoms with Gasteiger partial charge in [0.15, 0.2) is 11.0 Å². The highest BCUT2D eigenvalue weighted by atomic mass is 127. The molecule has 0 aliphatic heterocycles. The van der Waals surface area contributed by atoms with Gasteiger partial charge >= 0.3 is 0 Å². The average Bonchev–Trinajstić information content (AvgIpc) is 3.00. The SMILES string of the molecule is Cc1cccc(OCc2nnc(SCC(=O)Nc3ccc(I)cc3C)n2C)c1. The molecule has 0 saturated carbocycles. The molecule has 1 heterocycles. The number of anilines is 1. The Morgan fingerprint density at radius 1 is 1.21 bits per heavy atom. The largest absolute Gasteiger partial charge is 0.486 e. The van der Waals surface area contributed by atoms with Gasteiger partial charge < -0.3 is 14.6 Å². The molecule has 0 unspecified atom stereocenters. The van der Waals surface area contributed by atoms with E-state index in [1.807, 2.05) is 67.9 Å². The lowest BCUT2D eigenvalue weighted by Crippen LogP contribution is -2.15. The van der Waals surface area contributed by atoms with Crippen LogP contribution in [0.15, 0.2) is 47.6 Å². The van der Waals surface area contributed by atoms with Crippen LogP contribution in [0.3, 0.4) is 0 Å². The topological polar surface area (TPSA) is 69.0 Å². The maximum Gasteiger partial charge on any atom is 0.234 e. The van der Waals surface area contributed by atoms with E-state index in [2.05, 4.69) is 38.1 Å². The standard InChI is InChI=1S/C20H21IN4O2S/c1-13-5-4-6-16(9-13)27-11-18-23-24-20(25(18)3)28-12-19(26)22-17-8-7-15(21)10-14(17)2/h4-10H,11-12H2,1-3H3,(H,22,26). The van der Waals surface area contributed by atoms with E-state index in [9.17, 15) is 4.79 Å².